The van der Waals surface area contributed by atoms with E-state index in [-0.39, 0.29) is 6.04 Å². The number of aromatic nitrogens is 2. The summed E-state index contributed by atoms with van der Waals surface area (Å²) in [6.07, 6.45) is 6.31. The van der Waals surface area contributed by atoms with Crippen LogP contribution in [0.2, 0.25) is 0 Å². The summed E-state index contributed by atoms with van der Waals surface area (Å²) in [7, 11) is 1.98. The van der Waals surface area contributed by atoms with E-state index in [1.54, 1.807) is 12.5 Å². The Morgan fingerprint density at radius 1 is 1.47 bits per heavy atom. The van der Waals surface area contributed by atoms with Crippen LogP contribution in [0.4, 0.5) is 0 Å². The molecule has 0 aromatic carbocycles. The van der Waals surface area contributed by atoms with Crippen LogP contribution in [-0.2, 0) is 19.9 Å². The highest BCUT2D eigenvalue weighted by Crippen LogP contribution is 2.16. The lowest BCUT2D eigenvalue weighted by Crippen LogP contribution is -2.37. The third-order valence-electron chi connectivity index (χ3n) is 3.70. The predicted molar refractivity (Wildman–Crippen MR) is 74.5 cm³/mol. The fourth-order valence-electron chi connectivity index (χ4n) is 2.44. The smallest absolute Gasteiger partial charge is 0.0935 e. The van der Waals surface area contributed by atoms with Gasteiger partial charge in [-0.2, -0.15) is 5.10 Å². The van der Waals surface area contributed by atoms with Gasteiger partial charge < -0.3 is 4.42 Å². The summed E-state index contributed by atoms with van der Waals surface area (Å²) in [5, 5.41) is 4.44. The molecule has 2 aromatic heterocycles. The van der Waals surface area contributed by atoms with Gasteiger partial charge in [-0.25, -0.2) is 0 Å². The van der Waals surface area contributed by atoms with E-state index in [1.165, 1.54) is 16.8 Å². The zero-order chi connectivity index (χ0) is 13.8. The number of aryl methyl sites for hydroxylation is 2. The molecule has 1 unspecified atom stereocenters. The van der Waals surface area contributed by atoms with Crippen LogP contribution in [0, 0.1) is 13.8 Å². The van der Waals surface area contributed by atoms with Crippen LogP contribution >= 0.6 is 0 Å². The van der Waals surface area contributed by atoms with Crippen molar-refractivity contribution in [1.82, 2.24) is 15.2 Å². The molecular formula is C14H22N4O. The summed E-state index contributed by atoms with van der Waals surface area (Å²) in [5.74, 6) is 5.63. The molecule has 0 spiro atoms. The summed E-state index contributed by atoms with van der Waals surface area (Å²) in [6.45, 7) is 4.17. The van der Waals surface area contributed by atoms with Gasteiger partial charge in [0.1, 0.15) is 0 Å². The van der Waals surface area contributed by atoms with Crippen molar-refractivity contribution in [2.75, 3.05) is 0 Å². The van der Waals surface area contributed by atoms with Gasteiger partial charge in [0, 0.05) is 18.8 Å². The number of nitrogens with two attached hydrogens (primary N) is 1. The quantitative estimate of drug-likeness (QED) is 0.613. The molecule has 0 saturated carbocycles. The van der Waals surface area contributed by atoms with Crippen LogP contribution in [0.25, 0.3) is 0 Å². The highest BCUT2D eigenvalue weighted by atomic mass is 16.3. The number of hydrazine groups is 1. The van der Waals surface area contributed by atoms with Crippen molar-refractivity contribution in [2.45, 2.75) is 39.2 Å². The SMILES string of the molecule is Cc1nn(C)c(C)c1CCC(Cc1ccoc1)NN. The van der Waals surface area contributed by atoms with Crippen LogP contribution in [-0.4, -0.2) is 15.8 Å². The van der Waals surface area contributed by atoms with Crippen LogP contribution in [0.5, 0.6) is 0 Å². The van der Waals surface area contributed by atoms with Gasteiger partial charge in [-0.15, -0.1) is 0 Å². The summed E-state index contributed by atoms with van der Waals surface area (Å²) in [6, 6.07) is 2.22. The minimum Gasteiger partial charge on any atom is -0.472 e. The van der Waals surface area contributed by atoms with Crippen molar-refractivity contribution in [3.8, 4) is 0 Å². The fourth-order valence-corrected chi connectivity index (χ4v) is 2.44. The summed E-state index contributed by atoms with van der Waals surface area (Å²) >= 11 is 0. The molecule has 0 fully saturated rings. The minimum absolute atomic E-state index is 0.247. The normalized spacial score (nSPS) is 12.8. The molecule has 1 atom stereocenters. The largest absolute Gasteiger partial charge is 0.472 e. The van der Waals surface area contributed by atoms with Crippen molar-refractivity contribution in [1.29, 1.82) is 0 Å². The molecule has 5 heteroatoms. The van der Waals surface area contributed by atoms with Crippen LogP contribution in [0.1, 0.15) is 28.9 Å². The maximum atomic E-state index is 5.63. The van der Waals surface area contributed by atoms with Gasteiger partial charge in [0.25, 0.3) is 0 Å². The maximum absolute atomic E-state index is 5.63. The van der Waals surface area contributed by atoms with Gasteiger partial charge in [-0.1, -0.05) is 0 Å². The first-order valence-corrected chi connectivity index (χ1v) is 6.58. The second-order valence-electron chi connectivity index (χ2n) is 5.01. The number of rotatable bonds is 6. The number of nitrogens with one attached hydrogen (secondary N) is 1. The third kappa shape index (κ3) is 3.24. The second kappa shape index (κ2) is 6.04. The summed E-state index contributed by atoms with van der Waals surface area (Å²) < 4.78 is 7.02. The highest BCUT2D eigenvalue weighted by molar-refractivity contribution is 5.24. The molecule has 2 rings (SSSR count). The monoisotopic (exact) mass is 262 g/mol. The van der Waals surface area contributed by atoms with Gasteiger partial charge in [-0.3, -0.25) is 16.0 Å². The zero-order valence-electron chi connectivity index (χ0n) is 11.8. The molecular weight excluding hydrogens is 240 g/mol. The number of hydrogen-bond donors (Lipinski definition) is 2. The van der Waals surface area contributed by atoms with Crippen molar-refractivity contribution < 1.29 is 4.42 Å². The summed E-state index contributed by atoms with van der Waals surface area (Å²) in [4.78, 5) is 0. The molecule has 0 aliphatic rings. The predicted octanol–water partition coefficient (Wildman–Crippen LogP) is 1.64. The van der Waals surface area contributed by atoms with Crippen molar-refractivity contribution >= 4 is 0 Å². The van der Waals surface area contributed by atoms with Gasteiger partial charge >= 0.3 is 0 Å². The van der Waals surface area contributed by atoms with E-state index in [4.69, 9.17) is 10.3 Å². The molecule has 0 aliphatic heterocycles. The molecule has 0 radical (unpaired) electrons. The van der Waals surface area contributed by atoms with E-state index in [9.17, 15) is 0 Å². The van der Waals surface area contributed by atoms with Crippen LogP contribution in [0.3, 0.4) is 0 Å². The van der Waals surface area contributed by atoms with Crippen molar-refractivity contribution in [3.63, 3.8) is 0 Å². The molecule has 104 valence electrons. The molecule has 0 bridgehead atoms. The third-order valence-corrected chi connectivity index (χ3v) is 3.70. The van der Waals surface area contributed by atoms with Gasteiger partial charge in [0.05, 0.1) is 18.2 Å². The van der Waals surface area contributed by atoms with E-state index < -0.39 is 0 Å². The van der Waals surface area contributed by atoms with Crippen molar-refractivity contribution in [2.24, 2.45) is 12.9 Å². The Kier molecular flexibility index (Phi) is 4.39. The van der Waals surface area contributed by atoms with E-state index in [2.05, 4.69) is 24.4 Å². The Hall–Kier alpha value is -1.59. The molecule has 0 aliphatic carbocycles. The van der Waals surface area contributed by atoms with E-state index in [0.717, 1.165) is 25.0 Å². The maximum Gasteiger partial charge on any atom is 0.0935 e. The Morgan fingerprint density at radius 3 is 2.79 bits per heavy atom. The topological polar surface area (TPSA) is 69.0 Å². The van der Waals surface area contributed by atoms with E-state index in [0.29, 0.717) is 0 Å². The molecule has 2 heterocycles. The molecule has 3 N–H and O–H groups in total. The second-order valence-corrected chi connectivity index (χ2v) is 5.01. The van der Waals surface area contributed by atoms with Gasteiger partial charge in [-0.05, 0) is 50.3 Å². The lowest BCUT2D eigenvalue weighted by atomic mass is 10.00. The molecule has 0 amide bonds. The number of furan rings is 1. The first-order chi connectivity index (χ1) is 9.11. The highest BCUT2D eigenvalue weighted by Gasteiger charge is 2.13. The molecule has 19 heavy (non-hydrogen) atoms. The van der Waals surface area contributed by atoms with Crippen molar-refractivity contribution in [3.05, 3.63) is 41.1 Å². The average Bonchev–Trinajstić information content (AvgIpc) is 2.97. The molecule has 5 nitrogen and oxygen atoms in total. The van der Waals surface area contributed by atoms with Crippen LogP contribution in [0.15, 0.2) is 23.0 Å². The first-order valence-electron chi connectivity index (χ1n) is 6.58. The summed E-state index contributed by atoms with van der Waals surface area (Å²) in [5.41, 5.74) is 7.73. The lowest BCUT2D eigenvalue weighted by molar-refractivity contribution is 0.486. The zero-order valence-corrected chi connectivity index (χ0v) is 11.8. The Bertz CT molecular complexity index is 516. The number of nitrogens with zero attached hydrogens (tertiary/aromatic N) is 2. The Morgan fingerprint density at radius 2 is 2.26 bits per heavy atom. The van der Waals surface area contributed by atoms with Gasteiger partial charge in [0.15, 0.2) is 0 Å². The first kappa shape index (κ1) is 13.8. The van der Waals surface area contributed by atoms with Crippen LogP contribution < -0.4 is 11.3 Å². The van der Waals surface area contributed by atoms with E-state index >= 15 is 0 Å². The Balaban J connectivity index is 1.96. The average molecular weight is 262 g/mol. The minimum atomic E-state index is 0.247. The standard InChI is InChI=1S/C14H22N4O/c1-10-14(11(2)18(3)17-10)5-4-13(16-15)8-12-6-7-19-9-12/h6-7,9,13,16H,4-5,8,15H2,1-3H3. The Labute approximate surface area is 113 Å². The molecule has 2 aromatic rings. The number of hydrogen-bond acceptors (Lipinski definition) is 4. The van der Waals surface area contributed by atoms with Gasteiger partial charge in [0.2, 0.25) is 0 Å². The lowest BCUT2D eigenvalue weighted by Gasteiger charge is -2.14. The fraction of sp³-hybridized carbons (Fsp3) is 0.500. The molecule has 0 saturated heterocycles. The van der Waals surface area contributed by atoms with E-state index in [1.807, 2.05) is 17.8 Å².